The molecule has 2 aromatic rings. The summed E-state index contributed by atoms with van der Waals surface area (Å²) in [5, 5.41) is 14.2. The maximum Gasteiger partial charge on any atom is 0.319 e. The second kappa shape index (κ2) is 8.57. The van der Waals surface area contributed by atoms with Gasteiger partial charge in [0.2, 0.25) is 0 Å². The lowest BCUT2D eigenvalue weighted by Gasteiger charge is -2.10. The molecule has 0 radical (unpaired) electrons. The number of carbonyl (C=O) groups excluding carboxylic acids is 1. The van der Waals surface area contributed by atoms with Crippen LogP contribution in [0.2, 0.25) is 0 Å². The average Bonchev–Trinajstić information content (AvgIpc) is 2.56. The number of urea groups is 1. The van der Waals surface area contributed by atoms with Crippen molar-refractivity contribution in [2.24, 2.45) is 0 Å². The molecule has 0 aromatic heterocycles. The molecule has 0 fully saturated rings. The summed E-state index contributed by atoms with van der Waals surface area (Å²) in [4.78, 5) is 22.5. The smallest absolute Gasteiger partial charge is 0.319 e. The van der Waals surface area contributed by atoms with Gasteiger partial charge in [-0.3, -0.25) is 4.79 Å². The molecule has 24 heavy (non-hydrogen) atoms. The van der Waals surface area contributed by atoms with E-state index in [1.807, 2.05) is 24.3 Å². The highest BCUT2D eigenvalue weighted by atomic mass is 16.5. The van der Waals surface area contributed by atoms with Crippen molar-refractivity contribution in [2.45, 2.75) is 12.8 Å². The van der Waals surface area contributed by atoms with Gasteiger partial charge in [0.25, 0.3) is 0 Å². The fraction of sp³-hybridized carbons (Fsp3) is 0.222. The Bertz CT molecular complexity index is 698. The Morgan fingerprint density at radius 3 is 2.46 bits per heavy atom. The lowest BCUT2D eigenvalue weighted by molar-refractivity contribution is -0.136. The summed E-state index contributed by atoms with van der Waals surface area (Å²) in [6, 6.07) is 14.1. The number of methoxy groups -OCH3 is 1. The van der Waals surface area contributed by atoms with Crippen molar-refractivity contribution in [1.82, 2.24) is 5.32 Å². The standard InChI is InChI=1S/C18H20N2O4/c1-24-16-5-3-2-4-14(16)10-11-19-18(23)20-15-8-6-13(7-9-15)12-17(21)22/h2-9H,10-12H2,1H3,(H,21,22)(H2,19,20,23). The van der Waals surface area contributed by atoms with Crippen molar-refractivity contribution in [1.29, 1.82) is 0 Å². The van der Waals surface area contributed by atoms with Gasteiger partial charge in [-0.25, -0.2) is 4.79 Å². The zero-order valence-corrected chi connectivity index (χ0v) is 13.4. The first-order valence-corrected chi connectivity index (χ1v) is 7.56. The number of amides is 2. The van der Waals surface area contributed by atoms with Gasteiger partial charge in [0.1, 0.15) is 5.75 Å². The molecule has 3 N–H and O–H groups in total. The first kappa shape index (κ1) is 17.3. The van der Waals surface area contributed by atoms with Crippen LogP contribution in [0.4, 0.5) is 10.5 Å². The highest BCUT2D eigenvalue weighted by Gasteiger charge is 2.05. The van der Waals surface area contributed by atoms with Crippen molar-refractivity contribution in [3.05, 3.63) is 59.7 Å². The molecule has 0 aliphatic rings. The molecule has 6 heteroatoms. The predicted molar refractivity (Wildman–Crippen MR) is 91.5 cm³/mol. The molecule has 0 unspecified atom stereocenters. The Morgan fingerprint density at radius 2 is 1.79 bits per heavy atom. The number of carboxylic acids is 1. The molecule has 0 saturated heterocycles. The van der Waals surface area contributed by atoms with E-state index in [2.05, 4.69) is 10.6 Å². The van der Waals surface area contributed by atoms with Crippen LogP contribution in [-0.4, -0.2) is 30.8 Å². The van der Waals surface area contributed by atoms with E-state index >= 15 is 0 Å². The van der Waals surface area contributed by atoms with Crippen LogP contribution in [0.3, 0.4) is 0 Å². The van der Waals surface area contributed by atoms with Crippen LogP contribution in [-0.2, 0) is 17.6 Å². The van der Waals surface area contributed by atoms with Crippen molar-refractivity contribution >= 4 is 17.7 Å². The Balaban J connectivity index is 1.80. The number of carboxylic acid groups (broad SMARTS) is 1. The highest BCUT2D eigenvalue weighted by molar-refractivity contribution is 5.89. The lowest BCUT2D eigenvalue weighted by atomic mass is 10.1. The third-order valence-electron chi connectivity index (χ3n) is 3.44. The minimum absolute atomic E-state index is 0.0363. The number of aliphatic carboxylic acids is 1. The maximum absolute atomic E-state index is 11.9. The fourth-order valence-corrected chi connectivity index (χ4v) is 2.28. The van der Waals surface area contributed by atoms with E-state index in [-0.39, 0.29) is 12.5 Å². The molecule has 0 bridgehead atoms. The van der Waals surface area contributed by atoms with Gasteiger partial charge in [-0.2, -0.15) is 0 Å². The molecule has 6 nitrogen and oxygen atoms in total. The third kappa shape index (κ3) is 5.31. The van der Waals surface area contributed by atoms with Gasteiger partial charge < -0.3 is 20.5 Å². The molecule has 0 saturated carbocycles. The minimum Gasteiger partial charge on any atom is -0.496 e. The third-order valence-corrected chi connectivity index (χ3v) is 3.44. The molecule has 0 aliphatic carbocycles. The molecule has 0 spiro atoms. The van der Waals surface area contributed by atoms with E-state index in [4.69, 9.17) is 9.84 Å². The number of hydrogen-bond acceptors (Lipinski definition) is 3. The molecule has 2 aromatic carbocycles. The van der Waals surface area contributed by atoms with Crippen molar-refractivity contribution in [3.63, 3.8) is 0 Å². The number of rotatable bonds is 7. The quantitative estimate of drug-likeness (QED) is 0.729. The zero-order valence-electron chi connectivity index (χ0n) is 13.4. The van der Waals surface area contributed by atoms with E-state index in [0.29, 0.717) is 24.2 Å². The summed E-state index contributed by atoms with van der Waals surface area (Å²) in [6.45, 7) is 0.476. The van der Waals surface area contributed by atoms with Crippen molar-refractivity contribution < 1.29 is 19.4 Å². The molecule has 0 heterocycles. The summed E-state index contributed by atoms with van der Waals surface area (Å²) in [6.07, 6.45) is 0.625. The second-order valence-corrected chi connectivity index (χ2v) is 5.21. The van der Waals surface area contributed by atoms with E-state index < -0.39 is 5.97 Å². The summed E-state index contributed by atoms with van der Waals surface area (Å²) < 4.78 is 5.27. The number of ether oxygens (including phenoxy) is 1. The minimum atomic E-state index is -0.884. The number of anilines is 1. The zero-order chi connectivity index (χ0) is 17.4. The molecule has 2 amide bonds. The van der Waals surface area contributed by atoms with Gasteiger partial charge in [0, 0.05) is 12.2 Å². The van der Waals surface area contributed by atoms with E-state index in [9.17, 15) is 9.59 Å². The SMILES string of the molecule is COc1ccccc1CCNC(=O)Nc1ccc(CC(=O)O)cc1. The van der Waals surface area contributed by atoms with Crippen LogP contribution >= 0.6 is 0 Å². The summed E-state index contributed by atoms with van der Waals surface area (Å²) in [5.74, 6) is -0.0847. The highest BCUT2D eigenvalue weighted by Crippen LogP contribution is 2.17. The number of hydrogen-bond donors (Lipinski definition) is 3. The first-order chi connectivity index (χ1) is 11.6. The fourth-order valence-electron chi connectivity index (χ4n) is 2.28. The second-order valence-electron chi connectivity index (χ2n) is 5.21. The number of nitrogens with one attached hydrogen (secondary N) is 2. The van der Waals surface area contributed by atoms with E-state index in [0.717, 1.165) is 11.3 Å². The topological polar surface area (TPSA) is 87.7 Å². The summed E-state index contributed by atoms with van der Waals surface area (Å²) >= 11 is 0. The Labute approximate surface area is 140 Å². The monoisotopic (exact) mass is 328 g/mol. The molecular weight excluding hydrogens is 308 g/mol. The molecule has 126 valence electrons. The van der Waals surface area contributed by atoms with Gasteiger partial charge in [0.15, 0.2) is 0 Å². The van der Waals surface area contributed by atoms with Crippen LogP contribution in [0.15, 0.2) is 48.5 Å². The summed E-state index contributed by atoms with van der Waals surface area (Å²) in [7, 11) is 1.62. The molecule has 0 aliphatic heterocycles. The van der Waals surface area contributed by atoms with Gasteiger partial charge >= 0.3 is 12.0 Å². The number of benzene rings is 2. The van der Waals surface area contributed by atoms with Gasteiger partial charge in [-0.05, 0) is 35.7 Å². The molecule has 2 rings (SSSR count). The number of para-hydroxylation sites is 1. The average molecular weight is 328 g/mol. The van der Waals surface area contributed by atoms with Crippen LogP contribution < -0.4 is 15.4 Å². The predicted octanol–water partition coefficient (Wildman–Crippen LogP) is 2.69. The normalized spacial score (nSPS) is 10.0. The molecule has 0 atom stereocenters. The van der Waals surface area contributed by atoms with Gasteiger partial charge in [-0.15, -0.1) is 0 Å². The van der Waals surface area contributed by atoms with Crippen molar-refractivity contribution in [2.75, 3.05) is 19.0 Å². The van der Waals surface area contributed by atoms with E-state index in [1.54, 1.807) is 31.4 Å². The maximum atomic E-state index is 11.9. The lowest BCUT2D eigenvalue weighted by Crippen LogP contribution is -2.30. The van der Waals surface area contributed by atoms with Gasteiger partial charge in [-0.1, -0.05) is 30.3 Å². The number of carbonyl (C=O) groups is 2. The Hall–Kier alpha value is -3.02. The van der Waals surface area contributed by atoms with Crippen LogP contribution in [0.25, 0.3) is 0 Å². The van der Waals surface area contributed by atoms with Crippen LogP contribution in [0, 0.1) is 0 Å². The van der Waals surface area contributed by atoms with Crippen LogP contribution in [0.5, 0.6) is 5.75 Å². The van der Waals surface area contributed by atoms with Crippen LogP contribution in [0.1, 0.15) is 11.1 Å². The first-order valence-electron chi connectivity index (χ1n) is 7.56. The van der Waals surface area contributed by atoms with E-state index in [1.165, 1.54) is 0 Å². The van der Waals surface area contributed by atoms with Gasteiger partial charge in [0.05, 0.1) is 13.5 Å². The Kier molecular flexibility index (Phi) is 6.19. The molecular formula is C18H20N2O4. The summed E-state index contributed by atoms with van der Waals surface area (Å²) in [5.41, 5.74) is 2.32. The van der Waals surface area contributed by atoms with Crippen molar-refractivity contribution in [3.8, 4) is 5.75 Å². The largest absolute Gasteiger partial charge is 0.496 e. The Morgan fingerprint density at radius 1 is 1.08 bits per heavy atom.